The second-order valence-corrected chi connectivity index (χ2v) is 5.54. The number of carbonyl (C=O) groups is 1. The number of hydrogen-bond donors (Lipinski definition) is 2. The van der Waals surface area contributed by atoms with Crippen molar-refractivity contribution >= 4 is 17.2 Å². The SMILES string of the molecule is Cc1nc(CNC(=O)c2cccc(C#CCO)c2C)cs1. The first-order chi connectivity index (χ1) is 10.1. The molecule has 0 atom stereocenters. The summed E-state index contributed by atoms with van der Waals surface area (Å²) >= 11 is 1.56. The molecule has 0 fully saturated rings. The zero-order valence-electron chi connectivity index (χ0n) is 11.9. The van der Waals surface area contributed by atoms with Crippen LogP contribution in [0.25, 0.3) is 0 Å². The highest BCUT2D eigenvalue weighted by Gasteiger charge is 2.11. The van der Waals surface area contributed by atoms with E-state index < -0.39 is 0 Å². The molecule has 2 rings (SSSR count). The summed E-state index contributed by atoms with van der Waals surface area (Å²) in [4.78, 5) is 16.5. The first kappa shape index (κ1) is 15.2. The molecule has 0 aliphatic carbocycles. The molecule has 21 heavy (non-hydrogen) atoms. The van der Waals surface area contributed by atoms with Crippen LogP contribution in [0.3, 0.4) is 0 Å². The second-order valence-electron chi connectivity index (χ2n) is 4.48. The van der Waals surface area contributed by atoms with E-state index in [-0.39, 0.29) is 12.5 Å². The molecule has 2 aromatic rings. The monoisotopic (exact) mass is 300 g/mol. The molecule has 5 heteroatoms. The highest BCUT2D eigenvalue weighted by molar-refractivity contribution is 7.09. The molecule has 0 unspecified atom stereocenters. The third-order valence-corrected chi connectivity index (χ3v) is 3.80. The van der Waals surface area contributed by atoms with Gasteiger partial charge < -0.3 is 10.4 Å². The van der Waals surface area contributed by atoms with Gasteiger partial charge in [0.1, 0.15) is 6.61 Å². The molecule has 0 saturated heterocycles. The molecule has 0 bridgehead atoms. The Hall–Kier alpha value is -2.16. The predicted octanol–water partition coefficient (Wildman–Crippen LogP) is 2.03. The molecule has 2 N–H and O–H groups in total. The molecule has 0 aliphatic heterocycles. The Morgan fingerprint density at radius 1 is 1.43 bits per heavy atom. The fraction of sp³-hybridized carbons (Fsp3) is 0.250. The van der Waals surface area contributed by atoms with Gasteiger partial charge in [-0.3, -0.25) is 4.79 Å². The maximum Gasteiger partial charge on any atom is 0.251 e. The molecule has 1 amide bonds. The number of aliphatic hydroxyl groups excluding tert-OH is 1. The van der Waals surface area contributed by atoms with Crippen LogP contribution in [-0.4, -0.2) is 22.6 Å². The average molecular weight is 300 g/mol. The fourth-order valence-electron chi connectivity index (χ4n) is 1.91. The van der Waals surface area contributed by atoms with E-state index in [2.05, 4.69) is 22.1 Å². The van der Waals surface area contributed by atoms with Gasteiger partial charge in [0.2, 0.25) is 0 Å². The highest BCUT2D eigenvalue weighted by Crippen LogP contribution is 2.13. The van der Waals surface area contributed by atoms with Gasteiger partial charge in [-0.25, -0.2) is 4.98 Å². The van der Waals surface area contributed by atoms with Crippen LogP contribution in [0, 0.1) is 25.7 Å². The number of hydrogen-bond acceptors (Lipinski definition) is 4. The van der Waals surface area contributed by atoms with Gasteiger partial charge in [-0.15, -0.1) is 11.3 Å². The Balaban J connectivity index is 2.12. The minimum Gasteiger partial charge on any atom is -0.384 e. The van der Waals surface area contributed by atoms with Crippen molar-refractivity contribution < 1.29 is 9.90 Å². The second kappa shape index (κ2) is 7.02. The highest BCUT2D eigenvalue weighted by atomic mass is 32.1. The van der Waals surface area contributed by atoms with Crippen molar-refractivity contribution in [1.82, 2.24) is 10.3 Å². The van der Waals surface area contributed by atoms with Gasteiger partial charge in [0, 0.05) is 16.5 Å². The Labute approximate surface area is 127 Å². The van der Waals surface area contributed by atoms with Crippen LogP contribution in [0.1, 0.15) is 32.2 Å². The Morgan fingerprint density at radius 3 is 2.90 bits per heavy atom. The molecule has 0 aliphatic rings. The van der Waals surface area contributed by atoms with Crippen molar-refractivity contribution in [3.05, 3.63) is 51.0 Å². The maximum absolute atomic E-state index is 12.2. The summed E-state index contributed by atoms with van der Waals surface area (Å²) in [6.07, 6.45) is 0. The predicted molar refractivity (Wildman–Crippen MR) is 83.2 cm³/mol. The lowest BCUT2D eigenvalue weighted by molar-refractivity contribution is 0.0950. The number of amides is 1. The quantitative estimate of drug-likeness (QED) is 0.853. The van der Waals surface area contributed by atoms with E-state index in [0.29, 0.717) is 12.1 Å². The maximum atomic E-state index is 12.2. The van der Waals surface area contributed by atoms with E-state index in [0.717, 1.165) is 21.8 Å². The van der Waals surface area contributed by atoms with Crippen LogP contribution in [-0.2, 0) is 6.54 Å². The van der Waals surface area contributed by atoms with E-state index in [1.165, 1.54) is 0 Å². The lowest BCUT2D eigenvalue weighted by Gasteiger charge is -2.08. The normalized spacial score (nSPS) is 9.86. The van der Waals surface area contributed by atoms with Gasteiger partial charge in [0.05, 0.1) is 17.2 Å². The minimum absolute atomic E-state index is 0.147. The smallest absolute Gasteiger partial charge is 0.251 e. The van der Waals surface area contributed by atoms with Gasteiger partial charge in [-0.2, -0.15) is 0 Å². The summed E-state index contributed by atoms with van der Waals surface area (Å²) in [5, 5.41) is 14.5. The third-order valence-electron chi connectivity index (χ3n) is 2.98. The molecular weight excluding hydrogens is 284 g/mol. The molecule has 108 valence electrons. The summed E-state index contributed by atoms with van der Waals surface area (Å²) in [6.45, 7) is 4.00. The number of nitrogens with zero attached hydrogens (tertiary/aromatic N) is 1. The van der Waals surface area contributed by atoms with Gasteiger partial charge >= 0.3 is 0 Å². The first-order valence-corrected chi connectivity index (χ1v) is 7.38. The Bertz CT molecular complexity index is 711. The molecule has 0 spiro atoms. The van der Waals surface area contributed by atoms with Crippen LogP contribution in [0.15, 0.2) is 23.6 Å². The van der Waals surface area contributed by atoms with Crippen molar-refractivity contribution in [3.63, 3.8) is 0 Å². The van der Waals surface area contributed by atoms with Crippen LogP contribution >= 0.6 is 11.3 Å². The summed E-state index contributed by atoms with van der Waals surface area (Å²) in [6, 6.07) is 5.38. The first-order valence-electron chi connectivity index (χ1n) is 6.50. The number of aryl methyl sites for hydroxylation is 1. The summed E-state index contributed by atoms with van der Waals surface area (Å²) in [5.74, 6) is 5.29. The van der Waals surface area contributed by atoms with Crippen LogP contribution in [0.4, 0.5) is 0 Å². The number of rotatable bonds is 3. The van der Waals surface area contributed by atoms with Gasteiger partial charge in [-0.05, 0) is 31.5 Å². The third kappa shape index (κ3) is 3.91. The number of thiazole rings is 1. The van der Waals surface area contributed by atoms with E-state index in [9.17, 15) is 4.79 Å². The Morgan fingerprint density at radius 2 is 2.24 bits per heavy atom. The molecule has 0 radical (unpaired) electrons. The summed E-state index contributed by atoms with van der Waals surface area (Å²) in [7, 11) is 0. The Kier molecular flexibility index (Phi) is 5.09. The van der Waals surface area contributed by atoms with Crippen molar-refractivity contribution in [2.45, 2.75) is 20.4 Å². The van der Waals surface area contributed by atoms with Crippen LogP contribution < -0.4 is 5.32 Å². The van der Waals surface area contributed by atoms with E-state index in [1.54, 1.807) is 23.5 Å². The standard InChI is InChI=1S/C16H16N2O2S/c1-11-13(6-4-8-19)5-3-7-15(11)16(20)17-9-14-10-21-12(2)18-14/h3,5,7,10,19H,8-9H2,1-2H3,(H,17,20). The fourth-order valence-corrected chi connectivity index (χ4v) is 2.52. The number of aliphatic hydroxyl groups is 1. The van der Waals surface area contributed by atoms with Crippen molar-refractivity contribution in [2.75, 3.05) is 6.61 Å². The van der Waals surface area contributed by atoms with E-state index >= 15 is 0 Å². The molecule has 1 aromatic carbocycles. The number of carbonyl (C=O) groups excluding carboxylic acids is 1. The van der Waals surface area contributed by atoms with Crippen molar-refractivity contribution in [2.24, 2.45) is 0 Å². The zero-order chi connectivity index (χ0) is 15.2. The number of nitrogens with one attached hydrogen (secondary N) is 1. The number of benzene rings is 1. The zero-order valence-corrected chi connectivity index (χ0v) is 12.8. The lowest BCUT2D eigenvalue weighted by Crippen LogP contribution is -2.24. The van der Waals surface area contributed by atoms with Gasteiger partial charge in [0.15, 0.2) is 0 Å². The molecule has 0 saturated carbocycles. The van der Waals surface area contributed by atoms with E-state index in [4.69, 9.17) is 5.11 Å². The lowest BCUT2D eigenvalue weighted by atomic mass is 10.0. The summed E-state index contributed by atoms with van der Waals surface area (Å²) in [5.41, 5.74) is 3.01. The van der Waals surface area contributed by atoms with Crippen LogP contribution in [0.2, 0.25) is 0 Å². The summed E-state index contributed by atoms with van der Waals surface area (Å²) < 4.78 is 0. The average Bonchev–Trinajstić information content (AvgIpc) is 2.89. The van der Waals surface area contributed by atoms with E-state index in [1.807, 2.05) is 25.3 Å². The molecule has 1 aromatic heterocycles. The minimum atomic E-state index is -0.195. The number of aromatic nitrogens is 1. The van der Waals surface area contributed by atoms with Crippen molar-refractivity contribution in [3.8, 4) is 11.8 Å². The molecule has 4 nitrogen and oxygen atoms in total. The van der Waals surface area contributed by atoms with Crippen molar-refractivity contribution in [1.29, 1.82) is 0 Å². The van der Waals surface area contributed by atoms with Gasteiger partial charge in [0.25, 0.3) is 5.91 Å². The largest absolute Gasteiger partial charge is 0.384 e. The van der Waals surface area contributed by atoms with Crippen LogP contribution in [0.5, 0.6) is 0 Å². The molecule has 1 heterocycles. The molecular formula is C16H16N2O2S. The topological polar surface area (TPSA) is 62.2 Å². The van der Waals surface area contributed by atoms with Gasteiger partial charge in [-0.1, -0.05) is 17.9 Å².